The first-order chi connectivity index (χ1) is 17.2. The number of carbonyl (C=O) groups is 2. The number of benzene rings is 1. The summed E-state index contributed by atoms with van der Waals surface area (Å²) in [5.74, 6) is 0.692. The molecule has 1 aromatic carbocycles. The fraction of sp³-hybridized carbons (Fsp3) is 0.333. The van der Waals surface area contributed by atoms with Gasteiger partial charge in [0.15, 0.2) is 0 Å². The van der Waals surface area contributed by atoms with E-state index in [1.165, 1.54) is 0 Å². The molecule has 5 rings (SSSR count). The Kier molecular flexibility index (Phi) is 6.88. The Balaban J connectivity index is 1.00. The maximum absolute atomic E-state index is 12.9. The highest BCUT2D eigenvalue weighted by Gasteiger charge is 2.23. The highest BCUT2D eigenvalue weighted by molar-refractivity contribution is 5.94. The molecule has 0 spiro atoms. The Morgan fingerprint density at radius 2 is 1.74 bits per heavy atom. The minimum Gasteiger partial charge on any atom is -0.352 e. The molecule has 1 saturated heterocycles. The summed E-state index contributed by atoms with van der Waals surface area (Å²) in [6.07, 6.45) is 14.2. The van der Waals surface area contributed by atoms with Gasteiger partial charge >= 0.3 is 0 Å². The Hall–Kier alpha value is -3.94. The van der Waals surface area contributed by atoms with Gasteiger partial charge in [0.05, 0.1) is 11.3 Å². The lowest BCUT2D eigenvalue weighted by molar-refractivity contribution is 0.0686. The third kappa shape index (κ3) is 5.42. The number of fused-ring (bicyclic) bond motifs is 1. The predicted octanol–water partition coefficient (Wildman–Crippen LogP) is 3.97. The molecule has 4 heterocycles. The number of hydrogen-bond acceptors (Lipinski definition) is 4. The molecule has 1 N–H and O–H groups in total. The van der Waals surface area contributed by atoms with E-state index in [0.717, 1.165) is 62.1 Å². The summed E-state index contributed by atoms with van der Waals surface area (Å²) in [5.41, 5.74) is 3.14. The van der Waals surface area contributed by atoms with E-state index in [9.17, 15) is 9.59 Å². The zero-order chi connectivity index (χ0) is 24.0. The minimum atomic E-state index is -0.0509. The van der Waals surface area contributed by atoms with Crippen molar-refractivity contribution in [2.24, 2.45) is 5.92 Å². The van der Waals surface area contributed by atoms with Crippen LogP contribution in [-0.2, 0) is 0 Å². The van der Waals surface area contributed by atoms with Gasteiger partial charge in [-0.15, -0.1) is 0 Å². The number of piperidine rings is 1. The van der Waals surface area contributed by atoms with Crippen LogP contribution < -0.4 is 5.32 Å². The highest BCUT2D eigenvalue weighted by atomic mass is 16.2. The zero-order valence-electron chi connectivity index (χ0n) is 19.7. The van der Waals surface area contributed by atoms with E-state index in [1.54, 1.807) is 29.3 Å². The Morgan fingerprint density at radius 1 is 0.943 bits per heavy atom. The second kappa shape index (κ2) is 10.5. The third-order valence-electron chi connectivity index (χ3n) is 6.76. The summed E-state index contributed by atoms with van der Waals surface area (Å²) >= 11 is 0. The molecule has 1 aliphatic rings. The monoisotopic (exact) mass is 470 g/mol. The number of amides is 2. The van der Waals surface area contributed by atoms with Gasteiger partial charge in [-0.1, -0.05) is 12.8 Å². The second-order valence-corrected chi connectivity index (χ2v) is 9.10. The normalized spacial score (nSPS) is 14.3. The number of hydrogen-bond donors (Lipinski definition) is 1. The molecule has 4 aromatic rings. The van der Waals surface area contributed by atoms with Crippen molar-refractivity contribution in [3.8, 4) is 5.69 Å². The van der Waals surface area contributed by atoms with Gasteiger partial charge in [0.2, 0.25) is 0 Å². The number of carbonyl (C=O) groups excluding carboxylic acids is 2. The molecule has 35 heavy (non-hydrogen) atoms. The third-order valence-corrected chi connectivity index (χ3v) is 6.76. The SMILES string of the molecule is O=C(NCCCCC1CCN(C(=O)c2ccc(-n3cccn3)cc2)CC1)c1ccc2nccn2c1. The van der Waals surface area contributed by atoms with Crippen LogP contribution in [0.1, 0.15) is 52.8 Å². The molecule has 3 aromatic heterocycles. The number of unbranched alkanes of at least 4 members (excludes halogenated alkanes) is 1. The maximum Gasteiger partial charge on any atom is 0.253 e. The van der Waals surface area contributed by atoms with Gasteiger partial charge in [0.1, 0.15) is 5.65 Å². The maximum atomic E-state index is 12.9. The van der Waals surface area contributed by atoms with Gasteiger partial charge in [-0.05, 0) is 67.6 Å². The van der Waals surface area contributed by atoms with E-state index in [1.807, 2.05) is 58.1 Å². The first-order valence-corrected chi connectivity index (χ1v) is 12.3. The molecule has 8 nitrogen and oxygen atoms in total. The van der Waals surface area contributed by atoms with Crippen molar-refractivity contribution in [3.63, 3.8) is 0 Å². The van der Waals surface area contributed by atoms with Gasteiger partial charge in [-0.3, -0.25) is 9.59 Å². The van der Waals surface area contributed by atoms with Crippen molar-refractivity contribution >= 4 is 17.5 Å². The number of imidazole rings is 1. The quantitative estimate of drug-likeness (QED) is 0.395. The van der Waals surface area contributed by atoms with Crippen molar-refractivity contribution in [2.75, 3.05) is 19.6 Å². The zero-order valence-corrected chi connectivity index (χ0v) is 19.7. The van der Waals surface area contributed by atoms with Crippen LogP contribution in [0, 0.1) is 5.92 Å². The van der Waals surface area contributed by atoms with Crippen LogP contribution in [0.5, 0.6) is 0 Å². The Morgan fingerprint density at radius 3 is 2.51 bits per heavy atom. The van der Waals surface area contributed by atoms with Gasteiger partial charge in [-0.2, -0.15) is 5.10 Å². The van der Waals surface area contributed by atoms with Crippen LogP contribution in [0.2, 0.25) is 0 Å². The summed E-state index contributed by atoms with van der Waals surface area (Å²) < 4.78 is 3.63. The molecule has 8 heteroatoms. The molecule has 0 saturated carbocycles. The van der Waals surface area contributed by atoms with E-state index >= 15 is 0 Å². The molecular formula is C27H30N6O2. The number of likely N-dealkylation sites (tertiary alicyclic amines) is 1. The lowest BCUT2D eigenvalue weighted by atomic mass is 9.91. The van der Waals surface area contributed by atoms with Crippen LogP contribution in [0.4, 0.5) is 0 Å². The number of pyridine rings is 1. The fourth-order valence-corrected chi connectivity index (χ4v) is 4.70. The molecule has 1 fully saturated rings. The molecule has 0 aliphatic carbocycles. The van der Waals surface area contributed by atoms with Crippen LogP contribution >= 0.6 is 0 Å². The number of nitrogens with one attached hydrogen (secondary N) is 1. The van der Waals surface area contributed by atoms with E-state index in [4.69, 9.17) is 0 Å². The molecule has 1 aliphatic heterocycles. The van der Waals surface area contributed by atoms with Crippen LogP contribution in [0.3, 0.4) is 0 Å². The minimum absolute atomic E-state index is 0.0509. The van der Waals surface area contributed by atoms with E-state index in [-0.39, 0.29) is 11.8 Å². The topological polar surface area (TPSA) is 84.5 Å². The van der Waals surface area contributed by atoms with Crippen molar-refractivity contribution in [1.29, 1.82) is 0 Å². The van der Waals surface area contributed by atoms with Crippen molar-refractivity contribution in [1.82, 2.24) is 29.4 Å². The summed E-state index contributed by atoms with van der Waals surface area (Å²) in [6.45, 7) is 2.28. The fourth-order valence-electron chi connectivity index (χ4n) is 4.70. The Labute approximate surface area is 204 Å². The summed E-state index contributed by atoms with van der Waals surface area (Å²) in [4.78, 5) is 31.5. The average Bonchev–Trinajstić information content (AvgIpc) is 3.60. The molecule has 2 amide bonds. The first kappa shape index (κ1) is 22.8. The Bertz CT molecular complexity index is 1270. The summed E-state index contributed by atoms with van der Waals surface area (Å²) in [7, 11) is 0. The van der Waals surface area contributed by atoms with Crippen molar-refractivity contribution < 1.29 is 9.59 Å². The van der Waals surface area contributed by atoms with E-state index in [2.05, 4.69) is 15.4 Å². The van der Waals surface area contributed by atoms with Crippen molar-refractivity contribution in [2.45, 2.75) is 32.1 Å². The molecule has 0 unspecified atom stereocenters. The van der Waals surface area contributed by atoms with E-state index in [0.29, 0.717) is 18.0 Å². The molecule has 180 valence electrons. The smallest absolute Gasteiger partial charge is 0.253 e. The van der Waals surface area contributed by atoms with Gasteiger partial charge in [0.25, 0.3) is 11.8 Å². The van der Waals surface area contributed by atoms with Crippen molar-refractivity contribution in [3.05, 3.63) is 84.6 Å². The van der Waals surface area contributed by atoms with Crippen LogP contribution in [-0.4, -0.2) is 55.5 Å². The first-order valence-electron chi connectivity index (χ1n) is 12.3. The average molecular weight is 471 g/mol. The van der Waals surface area contributed by atoms with Crippen LogP contribution in [0.15, 0.2) is 73.4 Å². The molecule has 0 atom stereocenters. The van der Waals surface area contributed by atoms with E-state index < -0.39 is 0 Å². The largest absolute Gasteiger partial charge is 0.352 e. The molecular weight excluding hydrogens is 440 g/mol. The standard InChI is InChI=1S/C27H30N6O2/c34-26(23-7-10-25-28-15-19-32(25)20-23)29-13-2-1-4-21-11-17-31(18-12-21)27(35)22-5-8-24(9-6-22)33-16-3-14-30-33/h3,5-10,14-16,19-21H,1-2,4,11-13,17-18H2,(H,29,34). The van der Waals surface area contributed by atoms with Gasteiger partial charge in [0, 0.05) is 56.2 Å². The van der Waals surface area contributed by atoms with Crippen LogP contribution in [0.25, 0.3) is 11.3 Å². The lowest BCUT2D eigenvalue weighted by Crippen LogP contribution is -2.38. The van der Waals surface area contributed by atoms with Gasteiger partial charge < -0.3 is 14.6 Å². The molecule has 0 bridgehead atoms. The highest BCUT2D eigenvalue weighted by Crippen LogP contribution is 2.24. The number of aromatic nitrogens is 4. The summed E-state index contributed by atoms with van der Waals surface area (Å²) in [5, 5.41) is 7.24. The molecule has 0 radical (unpaired) electrons. The lowest BCUT2D eigenvalue weighted by Gasteiger charge is -2.32. The predicted molar refractivity (Wildman–Crippen MR) is 134 cm³/mol. The second-order valence-electron chi connectivity index (χ2n) is 9.10. The van der Waals surface area contributed by atoms with Gasteiger partial charge in [-0.25, -0.2) is 9.67 Å². The number of nitrogens with zero attached hydrogens (tertiary/aromatic N) is 5. The number of rotatable bonds is 8. The summed E-state index contributed by atoms with van der Waals surface area (Å²) in [6, 6.07) is 13.2.